The number of amides is 1. The average Bonchev–Trinajstić information content (AvgIpc) is 3.36. The molecule has 3 aromatic heterocycles. The maximum absolute atomic E-state index is 12.7. The number of aromatic nitrogens is 3. The standard InChI is InChI=1S/C16H16N4O2S/c21-16(13-9-14(22-18-13)15-4-2-8-23-15)19-6-1-3-12(10-19)20-7-5-17-11-20/h2,4-5,7-9,11-12H,1,3,6,10H2/t12-/m0/s1. The predicted molar refractivity (Wildman–Crippen MR) is 86.2 cm³/mol. The molecule has 7 heteroatoms. The molecule has 1 fully saturated rings. The van der Waals surface area contributed by atoms with Gasteiger partial charge in [0, 0.05) is 31.5 Å². The highest BCUT2D eigenvalue weighted by atomic mass is 32.1. The Morgan fingerprint density at radius 2 is 2.39 bits per heavy atom. The first kappa shape index (κ1) is 14.2. The van der Waals surface area contributed by atoms with E-state index in [0.717, 1.165) is 24.3 Å². The Balaban J connectivity index is 1.50. The highest BCUT2D eigenvalue weighted by molar-refractivity contribution is 7.13. The number of nitrogens with zero attached hydrogens (tertiary/aromatic N) is 4. The molecular weight excluding hydrogens is 312 g/mol. The van der Waals surface area contributed by atoms with E-state index in [1.165, 1.54) is 0 Å². The third-order valence-corrected chi connectivity index (χ3v) is 5.01. The first-order valence-electron chi connectivity index (χ1n) is 7.58. The highest BCUT2D eigenvalue weighted by Crippen LogP contribution is 2.27. The number of likely N-dealkylation sites (tertiary alicyclic amines) is 1. The van der Waals surface area contributed by atoms with Crippen molar-refractivity contribution in [1.29, 1.82) is 0 Å². The Labute approximate surface area is 137 Å². The topological polar surface area (TPSA) is 64.2 Å². The molecule has 1 aliphatic heterocycles. The predicted octanol–water partition coefficient (Wildman–Crippen LogP) is 3.08. The van der Waals surface area contributed by atoms with Gasteiger partial charge in [0.15, 0.2) is 11.5 Å². The fourth-order valence-electron chi connectivity index (χ4n) is 2.94. The molecule has 4 rings (SSSR count). The van der Waals surface area contributed by atoms with Crippen LogP contribution in [0.5, 0.6) is 0 Å². The van der Waals surface area contributed by atoms with E-state index < -0.39 is 0 Å². The van der Waals surface area contributed by atoms with Crippen LogP contribution in [-0.4, -0.2) is 38.6 Å². The number of imidazole rings is 1. The van der Waals surface area contributed by atoms with E-state index in [0.29, 0.717) is 18.0 Å². The molecule has 1 saturated heterocycles. The molecule has 1 atom stereocenters. The van der Waals surface area contributed by atoms with E-state index in [1.807, 2.05) is 34.9 Å². The van der Waals surface area contributed by atoms with E-state index in [9.17, 15) is 4.79 Å². The van der Waals surface area contributed by atoms with E-state index in [-0.39, 0.29) is 11.9 Å². The van der Waals surface area contributed by atoms with Gasteiger partial charge in [0.25, 0.3) is 5.91 Å². The number of piperidine rings is 1. The van der Waals surface area contributed by atoms with E-state index in [4.69, 9.17) is 4.52 Å². The van der Waals surface area contributed by atoms with Crippen molar-refractivity contribution in [1.82, 2.24) is 19.6 Å². The van der Waals surface area contributed by atoms with Crippen LogP contribution in [0.2, 0.25) is 0 Å². The lowest BCUT2D eigenvalue weighted by atomic mass is 10.1. The van der Waals surface area contributed by atoms with Crippen LogP contribution >= 0.6 is 11.3 Å². The summed E-state index contributed by atoms with van der Waals surface area (Å²) in [5.74, 6) is 0.577. The lowest BCUT2D eigenvalue weighted by molar-refractivity contribution is 0.0669. The Hall–Kier alpha value is -2.41. The third-order valence-electron chi connectivity index (χ3n) is 4.12. The number of carbonyl (C=O) groups is 1. The molecule has 0 aliphatic carbocycles. The van der Waals surface area contributed by atoms with Crippen molar-refractivity contribution in [3.63, 3.8) is 0 Å². The maximum Gasteiger partial charge on any atom is 0.276 e. The zero-order chi connectivity index (χ0) is 15.6. The van der Waals surface area contributed by atoms with Crippen LogP contribution in [0.15, 0.2) is 46.8 Å². The summed E-state index contributed by atoms with van der Waals surface area (Å²) < 4.78 is 7.39. The van der Waals surface area contributed by atoms with Gasteiger partial charge >= 0.3 is 0 Å². The van der Waals surface area contributed by atoms with E-state index in [1.54, 1.807) is 23.6 Å². The summed E-state index contributed by atoms with van der Waals surface area (Å²) in [5, 5.41) is 5.93. The van der Waals surface area contributed by atoms with Crippen molar-refractivity contribution in [2.75, 3.05) is 13.1 Å². The van der Waals surface area contributed by atoms with Crippen molar-refractivity contribution in [3.05, 3.63) is 48.0 Å². The highest BCUT2D eigenvalue weighted by Gasteiger charge is 2.27. The van der Waals surface area contributed by atoms with Gasteiger partial charge in [-0.1, -0.05) is 11.2 Å². The Kier molecular flexibility index (Phi) is 3.70. The summed E-state index contributed by atoms with van der Waals surface area (Å²) in [5.41, 5.74) is 0.375. The Morgan fingerprint density at radius 1 is 1.43 bits per heavy atom. The summed E-state index contributed by atoms with van der Waals surface area (Å²) in [6.45, 7) is 1.43. The molecule has 1 aliphatic rings. The van der Waals surface area contributed by atoms with Gasteiger partial charge in [-0.05, 0) is 24.3 Å². The zero-order valence-electron chi connectivity index (χ0n) is 12.5. The van der Waals surface area contributed by atoms with Gasteiger partial charge in [-0.2, -0.15) is 0 Å². The minimum absolute atomic E-state index is 0.0682. The van der Waals surface area contributed by atoms with E-state index in [2.05, 4.69) is 14.7 Å². The molecule has 6 nitrogen and oxygen atoms in total. The van der Waals surface area contributed by atoms with Crippen LogP contribution < -0.4 is 0 Å². The van der Waals surface area contributed by atoms with Crippen molar-refractivity contribution in [2.45, 2.75) is 18.9 Å². The summed E-state index contributed by atoms with van der Waals surface area (Å²) in [4.78, 5) is 19.6. The molecular formula is C16H16N4O2S. The minimum atomic E-state index is -0.0682. The molecule has 23 heavy (non-hydrogen) atoms. The SMILES string of the molecule is O=C(c1cc(-c2cccs2)on1)N1CCC[C@H](n2ccnc2)C1. The van der Waals surface area contributed by atoms with Crippen LogP contribution in [0.3, 0.4) is 0 Å². The number of hydrogen-bond donors (Lipinski definition) is 0. The first-order valence-corrected chi connectivity index (χ1v) is 8.46. The second-order valence-corrected chi connectivity index (χ2v) is 6.56. The van der Waals surface area contributed by atoms with Crippen molar-refractivity contribution in [3.8, 4) is 10.6 Å². The van der Waals surface area contributed by atoms with Crippen molar-refractivity contribution < 1.29 is 9.32 Å². The van der Waals surface area contributed by atoms with E-state index >= 15 is 0 Å². The molecule has 0 spiro atoms. The number of rotatable bonds is 3. The first-order chi connectivity index (χ1) is 11.3. The van der Waals surface area contributed by atoms with Crippen LogP contribution in [-0.2, 0) is 0 Å². The maximum atomic E-state index is 12.7. The molecule has 118 valence electrons. The molecule has 3 aromatic rings. The molecule has 0 radical (unpaired) electrons. The van der Waals surface area contributed by atoms with Gasteiger partial charge in [0.05, 0.1) is 17.2 Å². The summed E-state index contributed by atoms with van der Waals surface area (Å²) in [6.07, 6.45) is 7.56. The van der Waals surface area contributed by atoms with Crippen LogP contribution in [0.4, 0.5) is 0 Å². The van der Waals surface area contributed by atoms with Gasteiger partial charge in [-0.3, -0.25) is 4.79 Å². The molecule has 0 unspecified atom stereocenters. The summed E-state index contributed by atoms with van der Waals surface area (Å²) in [7, 11) is 0. The lowest BCUT2D eigenvalue weighted by Crippen LogP contribution is -2.40. The second-order valence-electron chi connectivity index (χ2n) is 5.61. The second kappa shape index (κ2) is 6.00. The summed E-state index contributed by atoms with van der Waals surface area (Å²) >= 11 is 1.57. The lowest BCUT2D eigenvalue weighted by Gasteiger charge is -2.32. The quantitative estimate of drug-likeness (QED) is 0.741. The fourth-order valence-corrected chi connectivity index (χ4v) is 3.61. The van der Waals surface area contributed by atoms with Gasteiger partial charge in [-0.15, -0.1) is 11.3 Å². The van der Waals surface area contributed by atoms with Crippen LogP contribution in [0.25, 0.3) is 10.6 Å². The Bertz CT molecular complexity index is 779. The van der Waals surface area contributed by atoms with Crippen LogP contribution in [0.1, 0.15) is 29.4 Å². The van der Waals surface area contributed by atoms with Crippen molar-refractivity contribution >= 4 is 17.2 Å². The van der Waals surface area contributed by atoms with Gasteiger partial charge in [0.2, 0.25) is 0 Å². The largest absolute Gasteiger partial charge is 0.355 e. The number of carbonyl (C=O) groups excluding carboxylic acids is 1. The fraction of sp³-hybridized carbons (Fsp3) is 0.312. The third kappa shape index (κ3) is 2.79. The monoisotopic (exact) mass is 328 g/mol. The van der Waals surface area contributed by atoms with Crippen molar-refractivity contribution in [2.24, 2.45) is 0 Å². The molecule has 0 N–H and O–H groups in total. The molecule has 1 amide bonds. The van der Waals surface area contributed by atoms with Crippen LogP contribution in [0, 0.1) is 0 Å². The average molecular weight is 328 g/mol. The smallest absolute Gasteiger partial charge is 0.276 e. The molecule has 0 aromatic carbocycles. The Morgan fingerprint density at radius 3 is 3.17 bits per heavy atom. The zero-order valence-corrected chi connectivity index (χ0v) is 13.3. The minimum Gasteiger partial charge on any atom is -0.355 e. The number of hydrogen-bond acceptors (Lipinski definition) is 5. The molecule has 4 heterocycles. The van der Waals surface area contributed by atoms with Gasteiger partial charge in [-0.25, -0.2) is 4.98 Å². The summed E-state index contributed by atoms with van der Waals surface area (Å²) in [6, 6.07) is 5.91. The molecule has 0 bridgehead atoms. The van der Waals surface area contributed by atoms with Gasteiger partial charge in [0.1, 0.15) is 0 Å². The van der Waals surface area contributed by atoms with Gasteiger partial charge < -0.3 is 14.0 Å². The molecule has 0 saturated carbocycles. The normalized spacial score (nSPS) is 18.3. The number of thiophene rings is 1.